The van der Waals surface area contributed by atoms with Gasteiger partial charge in [0.05, 0.1) is 17.8 Å². The van der Waals surface area contributed by atoms with Gasteiger partial charge in [0.2, 0.25) is 5.91 Å². The molecule has 0 spiro atoms. The molecule has 0 aliphatic carbocycles. The Labute approximate surface area is 198 Å². The molecule has 4 aromatic rings. The number of nitrogens with one attached hydrogen (secondary N) is 1. The van der Waals surface area contributed by atoms with Gasteiger partial charge in [-0.15, -0.1) is 11.3 Å². The molecule has 1 heterocycles. The molecule has 0 radical (unpaired) electrons. The molecule has 3 aromatic carbocycles. The van der Waals surface area contributed by atoms with Gasteiger partial charge in [-0.3, -0.25) is 9.59 Å². The maximum Gasteiger partial charge on any atom is 0.268 e. The van der Waals surface area contributed by atoms with E-state index in [1.54, 1.807) is 4.90 Å². The molecule has 2 amide bonds. The van der Waals surface area contributed by atoms with Gasteiger partial charge in [-0.25, -0.2) is 0 Å². The van der Waals surface area contributed by atoms with Crippen molar-refractivity contribution in [2.24, 2.45) is 0 Å². The van der Waals surface area contributed by atoms with Crippen LogP contribution in [0.5, 0.6) is 0 Å². The molecule has 0 saturated carbocycles. The second-order valence-corrected chi connectivity index (χ2v) is 9.00. The van der Waals surface area contributed by atoms with Crippen molar-refractivity contribution < 1.29 is 9.59 Å². The summed E-state index contributed by atoms with van der Waals surface area (Å²) in [6.45, 7) is 4.53. The third-order valence-corrected chi connectivity index (χ3v) is 6.34. The first kappa shape index (κ1) is 22.5. The summed E-state index contributed by atoms with van der Waals surface area (Å²) in [6.07, 6.45) is 0.269. The molecular weight excluding hydrogens is 428 g/mol. The molecule has 0 atom stereocenters. The van der Waals surface area contributed by atoms with Gasteiger partial charge in [0.15, 0.2) is 0 Å². The van der Waals surface area contributed by atoms with E-state index in [9.17, 15) is 9.59 Å². The molecule has 33 heavy (non-hydrogen) atoms. The SMILES string of the molecule is Cc1cccc(NC(=O)Cc2ccc(N(Cc3ccccc3C)C(=O)c3cccs3)cc2)c1. The van der Waals surface area contributed by atoms with Crippen molar-refractivity contribution in [3.63, 3.8) is 0 Å². The van der Waals surface area contributed by atoms with Gasteiger partial charge in [-0.1, -0.05) is 54.6 Å². The molecule has 4 nitrogen and oxygen atoms in total. The summed E-state index contributed by atoms with van der Waals surface area (Å²) in [5.74, 6) is -0.0991. The first-order valence-electron chi connectivity index (χ1n) is 10.8. The van der Waals surface area contributed by atoms with E-state index in [4.69, 9.17) is 0 Å². The lowest BCUT2D eigenvalue weighted by molar-refractivity contribution is -0.115. The molecule has 0 saturated heterocycles. The van der Waals surface area contributed by atoms with Crippen LogP contribution in [0.1, 0.15) is 31.9 Å². The Balaban J connectivity index is 1.52. The number of hydrogen-bond acceptors (Lipinski definition) is 3. The van der Waals surface area contributed by atoms with Crippen molar-refractivity contribution in [2.75, 3.05) is 10.2 Å². The van der Waals surface area contributed by atoms with E-state index in [1.807, 2.05) is 91.2 Å². The average Bonchev–Trinajstić information content (AvgIpc) is 3.34. The summed E-state index contributed by atoms with van der Waals surface area (Å²) in [5.41, 5.74) is 5.83. The first-order chi connectivity index (χ1) is 16.0. The maximum atomic E-state index is 13.3. The largest absolute Gasteiger partial charge is 0.326 e. The lowest BCUT2D eigenvalue weighted by atomic mass is 10.1. The molecule has 1 N–H and O–H groups in total. The highest BCUT2D eigenvalue weighted by Gasteiger charge is 2.20. The molecule has 0 fully saturated rings. The normalized spacial score (nSPS) is 10.6. The fourth-order valence-electron chi connectivity index (χ4n) is 3.68. The molecule has 0 bridgehead atoms. The predicted molar refractivity (Wildman–Crippen MR) is 136 cm³/mol. The van der Waals surface area contributed by atoms with E-state index in [0.717, 1.165) is 33.6 Å². The average molecular weight is 455 g/mol. The number of anilines is 2. The van der Waals surface area contributed by atoms with Crippen molar-refractivity contribution in [3.8, 4) is 0 Å². The zero-order chi connectivity index (χ0) is 23.2. The molecular formula is C28H26N2O2S. The van der Waals surface area contributed by atoms with E-state index in [-0.39, 0.29) is 18.2 Å². The Hall–Kier alpha value is -3.70. The Bertz CT molecular complexity index is 1250. The summed E-state index contributed by atoms with van der Waals surface area (Å²) in [7, 11) is 0. The number of aryl methyl sites for hydroxylation is 2. The van der Waals surface area contributed by atoms with Gasteiger partial charge in [0.1, 0.15) is 0 Å². The van der Waals surface area contributed by atoms with Crippen LogP contribution in [0.15, 0.2) is 90.3 Å². The minimum absolute atomic E-state index is 0.0295. The topological polar surface area (TPSA) is 49.4 Å². The second-order valence-electron chi connectivity index (χ2n) is 8.06. The minimum Gasteiger partial charge on any atom is -0.326 e. The summed E-state index contributed by atoms with van der Waals surface area (Å²) < 4.78 is 0. The summed E-state index contributed by atoms with van der Waals surface area (Å²) in [6, 6.07) is 27.2. The number of amides is 2. The maximum absolute atomic E-state index is 13.3. The molecule has 0 unspecified atom stereocenters. The fraction of sp³-hybridized carbons (Fsp3) is 0.143. The number of benzene rings is 3. The molecule has 0 aliphatic rings. The summed E-state index contributed by atoms with van der Waals surface area (Å²) in [5, 5.41) is 4.85. The number of thiophene rings is 1. The molecule has 4 rings (SSSR count). The molecule has 0 aliphatic heterocycles. The number of nitrogens with zero attached hydrogens (tertiary/aromatic N) is 1. The van der Waals surface area contributed by atoms with Crippen LogP contribution in [0.4, 0.5) is 11.4 Å². The summed E-state index contributed by atoms with van der Waals surface area (Å²) in [4.78, 5) is 28.3. The Morgan fingerprint density at radius 3 is 2.36 bits per heavy atom. The minimum atomic E-state index is -0.0696. The van der Waals surface area contributed by atoms with Gasteiger partial charge < -0.3 is 10.2 Å². The third kappa shape index (κ3) is 5.76. The van der Waals surface area contributed by atoms with Crippen molar-refractivity contribution in [1.29, 1.82) is 0 Å². The standard InChI is InChI=1S/C28H26N2O2S/c1-20-7-5-10-24(17-20)29-27(31)18-22-12-14-25(15-13-22)30(28(32)26-11-6-16-33-26)19-23-9-4-3-8-21(23)2/h3-17H,18-19H2,1-2H3,(H,29,31). The van der Waals surface area contributed by atoms with Crippen LogP contribution in [0.2, 0.25) is 0 Å². The molecule has 166 valence electrons. The van der Waals surface area contributed by atoms with Crippen molar-refractivity contribution >= 4 is 34.5 Å². The number of carbonyl (C=O) groups is 2. The predicted octanol–water partition coefficient (Wildman–Crippen LogP) is 6.39. The van der Waals surface area contributed by atoms with Crippen LogP contribution < -0.4 is 10.2 Å². The van der Waals surface area contributed by atoms with E-state index in [1.165, 1.54) is 11.3 Å². The van der Waals surface area contributed by atoms with Gasteiger partial charge in [-0.2, -0.15) is 0 Å². The first-order valence-corrected chi connectivity index (χ1v) is 11.7. The lowest BCUT2D eigenvalue weighted by Crippen LogP contribution is -2.30. The van der Waals surface area contributed by atoms with Crippen LogP contribution in [-0.4, -0.2) is 11.8 Å². The quantitative estimate of drug-likeness (QED) is 0.352. The van der Waals surface area contributed by atoms with E-state index < -0.39 is 0 Å². The van der Waals surface area contributed by atoms with E-state index >= 15 is 0 Å². The Morgan fingerprint density at radius 2 is 1.67 bits per heavy atom. The fourth-order valence-corrected chi connectivity index (χ4v) is 4.35. The highest BCUT2D eigenvalue weighted by Crippen LogP contribution is 2.24. The van der Waals surface area contributed by atoms with Crippen LogP contribution in [0, 0.1) is 13.8 Å². The van der Waals surface area contributed by atoms with Crippen LogP contribution in [0.3, 0.4) is 0 Å². The van der Waals surface area contributed by atoms with Crippen LogP contribution in [0.25, 0.3) is 0 Å². The van der Waals surface area contributed by atoms with Crippen molar-refractivity contribution in [2.45, 2.75) is 26.8 Å². The Kier molecular flexibility index (Phi) is 7.01. The summed E-state index contributed by atoms with van der Waals surface area (Å²) >= 11 is 1.44. The second kappa shape index (κ2) is 10.3. The highest BCUT2D eigenvalue weighted by molar-refractivity contribution is 7.12. The molecule has 5 heteroatoms. The van der Waals surface area contributed by atoms with Crippen molar-refractivity contribution in [1.82, 2.24) is 0 Å². The number of hydrogen-bond donors (Lipinski definition) is 1. The monoisotopic (exact) mass is 454 g/mol. The smallest absolute Gasteiger partial charge is 0.268 e. The van der Waals surface area contributed by atoms with Gasteiger partial charge >= 0.3 is 0 Å². The third-order valence-electron chi connectivity index (χ3n) is 5.48. The molecule has 1 aromatic heterocycles. The number of rotatable bonds is 7. The Morgan fingerprint density at radius 1 is 0.879 bits per heavy atom. The zero-order valence-electron chi connectivity index (χ0n) is 18.7. The highest BCUT2D eigenvalue weighted by atomic mass is 32.1. The van der Waals surface area contributed by atoms with Gasteiger partial charge in [0.25, 0.3) is 5.91 Å². The lowest BCUT2D eigenvalue weighted by Gasteiger charge is -2.23. The van der Waals surface area contributed by atoms with E-state index in [2.05, 4.69) is 18.3 Å². The van der Waals surface area contributed by atoms with Crippen molar-refractivity contribution in [3.05, 3.63) is 117 Å². The van der Waals surface area contributed by atoms with Crippen LogP contribution >= 0.6 is 11.3 Å². The van der Waals surface area contributed by atoms with Crippen LogP contribution in [-0.2, 0) is 17.8 Å². The van der Waals surface area contributed by atoms with E-state index in [0.29, 0.717) is 11.4 Å². The number of carbonyl (C=O) groups excluding carboxylic acids is 2. The van der Waals surface area contributed by atoms with Gasteiger partial charge in [0, 0.05) is 11.4 Å². The zero-order valence-corrected chi connectivity index (χ0v) is 19.6. The van der Waals surface area contributed by atoms with Gasteiger partial charge in [-0.05, 0) is 71.8 Å².